The minimum Gasteiger partial charge on any atom is -0.356 e. The first-order chi connectivity index (χ1) is 13.2. The lowest BCUT2D eigenvalue weighted by Gasteiger charge is -2.28. The number of amides is 1. The monoisotopic (exact) mass is 418 g/mol. The number of para-hydroxylation sites is 1. The number of thiophene rings is 1. The van der Waals surface area contributed by atoms with Crippen LogP contribution in [0.1, 0.15) is 28.9 Å². The zero-order chi connectivity index (χ0) is 18.8. The van der Waals surface area contributed by atoms with Gasteiger partial charge in [0.25, 0.3) is 5.91 Å². The van der Waals surface area contributed by atoms with E-state index in [1.165, 1.54) is 42.4 Å². The van der Waals surface area contributed by atoms with Crippen LogP contribution in [0.4, 0.5) is 11.5 Å². The van der Waals surface area contributed by atoms with Crippen LogP contribution in [0.15, 0.2) is 35.5 Å². The maximum absolute atomic E-state index is 12.8. The summed E-state index contributed by atoms with van der Waals surface area (Å²) in [5.41, 5.74) is 0.605. The summed E-state index contributed by atoms with van der Waals surface area (Å²) in [7, 11) is 0. The quantitative estimate of drug-likeness (QED) is 0.459. The molecule has 1 N–H and O–H groups in total. The highest BCUT2D eigenvalue weighted by Crippen LogP contribution is 2.34. The zero-order valence-corrected chi connectivity index (χ0v) is 17.3. The van der Waals surface area contributed by atoms with E-state index in [-0.39, 0.29) is 5.91 Å². The van der Waals surface area contributed by atoms with E-state index in [4.69, 9.17) is 16.6 Å². The first-order valence-corrected chi connectivity index (χ1v) is 11.2. The van der Waals surface area contributed by atoms with Crippen molar-refractivity contribution < 1.29 is 4.79 Å². The van der Waals surface area contributed by atoms with Gasteiger partial charge in [0.15, 0.2) is 5.16 Å². The number of halogens is 1. The number of thioether (sulfide) groups is 1. The molecule has 3 heterocycles. The summed E-state index contributed by atoms with van der Waals surface area (Å²) in [6.07, 6.45) is 5.57. The van der Waals surface area contributed by atoms with Gasteiger partial charge in [-0.1, -0.05) is 35.5 Å². The molecule has 8 heteroatoms. The molecular weight excluding hydrogens is 400 g/mol. The second kappa shape index (κ2) is 8.04. The smallest absolute Gasteiger partial charge is 0.265 e. The minimum atomic E-state index is -0.179. The first-order valence-electron chi connectivity index (χ1n) is 8.82. The van der Waals surface area contributed by atoms with Crippen molar-refractivity contribution in [2.24, 2.45) is 0 Å². The second-order valence-corrected chi connectivity index (χ2v) is 8.56. The Morgan fingerprint density at radius 3 is 2.74 bits per heavy atom. The van der Waals surface area contributed by atoms with Gasteiger partial charge in [0, 0.05) is 13.1 Å². The van der Waals surface area contributed by atoms with Crippen molar-refractivity contribution in [2.75, 3.05) is 29.6 Å². The predicted molar refractivity (Wildman–Crippen MR) is 115 cm³/mol. The molecule has 2 aromatic heterocycles. The van der Waals surface area contributed by atoms with Crippen molar-refractivity contribution in [1.82, 2.24) is 9.97 Å². The number of aromatic nitrogens is 2. The Kier molecular flexibility index (Phi) is 5.52. The van der Waals surface area contributed by atoms with Gasteiger partial charge in [-0.2, -0.15) is 0 Å². The SMILES string of the molecule is CSc1nc(N2CCCCC2)c2cc(C(=O)Nc3ccccc3Cl)sc2n1. The minimum absolute atomic E-state index is 0.179. The third-order valence-electron chi connectivity index (χ3n) is 4.54. The summed E-state index contributed by atoms with van der Waals surface area (Å²) >= 11 is 9.07. The van der Waals surface area contributed by atoms with E-state index in [2.05, 4.69) is 15.2 Å². The van der Waals surface area contributed by atoms with Crippen molar-refractivity contribution in [3.05, 3.63) is 40.2 Å². The van der Waals surface area contributed by atoms with E-state index < -0.39 is 0 Å². The molecule has 4 rings (SSSR count). The van der Waals surface area contributed by atoms with E-state index in [9.17, 15) is 4.79 Å². The number of rotatable bonds is 4. The van der Waals surface area contributed by atoms with Crippen molar-refractivity contribution in [3.63, 3.8) is 0 Å². The number of nitrogens with zero attached hydrogens (tertiary/aromatic N) is 3. The van der Waals surface area contributed by atoms with Gasteiger partial charge in [-0.05, 0) is 43.7 Å². The van der Waals surface area contributed by atoms with Gasteiger partial charge >= 0.3 is 0 Å². The Morgan fingerprint density at radius 2 is 2.00 bits per heavy atom. The zero-order valence-electron chi connectivity index (χ0n) is 14.9. The Bertz CT molecular complexity index is 985. The molecule has 140 valence electrons. The standard InChI is InChI=1S/C19H19ClN4OS2/c1-26-19-22-16(24-9-5-2-6-10-24)12-11-15(27-18(12)23-19)17(25)21-14-8-4-3-7-13(14)20/h3-4,7-8,11H,2,5-6,9-10H2,1H3,(H,21,25). The number of piperidine rings is 1. The van der Waals surface area contributed by atoms with Crippen LogP contribution in [0.2, 0.25) is 5.02 Å². The van der Waals surface area contributed by atoms with Crippen LogP contribution in [0, 0.1) is 0 Å². The predicted octanol–water partition coefficient (Wildman–Crippen LogP) is 5.31. The molecule has 0 bridgehead atoms. The van der Waals surface area contributed by atoms with Crippen LogP contribution in [0.5, 0.6) is 0 Å². The number of hydrogen-bond donors (Lipinski definition) is 1. The molecule has 1 fully saturated rings. The van der Waals surface area contributed by atoms with Crippen LogP contribution < -0.4 is 10.2 Å². The largest absolute Gasteiger partial charge is 0.356 e. The fourth-order valence-corrected chi connectivity index (χ4v) is 4.71. The molecular formula is C19H19ClN4OS2. The number of benzene rings is 1. The second-order valence-electron chi connectivity index (χ2n) is 6.35. The highest BCUT2D eigenvalue weighted by molar-refractivity contribution is 7.98. The molecule has 3 aromatic rings. The van der Waals surface area contributed by atoms with E-state index in [0.717, 1.165) is 34.3 Å². The van der Waals surface area contributed by atoms with Crippen molar-refractivity contribution >= 4 is 62.3 Å². The summed E-state index contributed by atoms with van der Waals surface area (Å²) in [5.74, 6) is 0.762. The third-order valence-corrected chi connectivity index (χ3v) is 6.44. The Morgan fingerprint density at radius 1 is 1.22 bits per heavy atom. The number of nitrogens with one attached hydrogen (secondary N) is 1. The summed E-state index contributed by atoms with van der Waals surface area (Å²) in [6, 6.07) is 9.13. The molecule has 0 radical (unpaired) electrons. The number of hydrogen-bond acceptors (Lipinski definition) is 6. The summed E-state index contributed by atoms with van der Waals surface area (Å²) in [5, 5.41) is 5.09. The molecule has 0 spiro atoms. The van der Waals surface area contributed by atoms with Crippen molar-refractivity contribution in [1.29, 1.82) is 0 Å². The fourth-order valence-electron chi connectivity index (χ4n) is 3.18. The van der Waals surface area contributed by atoms with Crippen LogP contribution in [-0.4, -0.2) is 35.2 Å². The van der Waals surface area contributed by atoms with Gasteiger partial charge in [-0.25, -0.2) is 9.97 Å². The van der Waals surface area contributed by atoms with E-state index in [0.29, 0.717) is 15.6 Å². The van der Waals surface area contributed by atoms with Gasteiger partial charge < -0.3 is 10.2 Å². The van der Waals surface area contributed by atoms with Gasteiger partial charge in [0.05, 0.1) is 21.0 Å². The molecule has 5 nitrogen and oxygen atoms in total. The normalized spacial score (nSPS) is 14.5. The number of carbonyl (C=O) groups is 1. The molecule has 1 aliphatic rings. The average molecular weight is 419 g/mol. The summed E-state index contributed by atoms with van der Waals surface area (Å²) in [4.78, 5) is 25.9. The Labute approximate surface area is 171 Å². The van der Waals surface area contributed by atoms with E-state index in [1.54, 1.807) is 12.1 Å². The van der Waals surface area contributed by atoms with E-state index in [1.807, 2.05) is 24.5 Å². The van der Waals surface area contributed by atoms with Crippen molar-refractivity contribution in [2.45, 2.75) is 24.4 Å². The summed E-state index contributed by atoms with van der Waals surface area (Å²) < 4.78 is 0. The Hall–Kier alpha value is -1.83. The Balaban J connectivity index is 1.70. The van der Waals surface area contributed by atoms with Crippen LogP contribution in [0.25, 0.3) is 10.2 Å². The molecule has 0 unspecified atom stereocenters. The molecule has 1 aromatic carbocycles. The highest BCUT2D eigenvalue weighted by atomic mass is 35.5. The van der Waals surface area contributed by atoms with Crippen LogP contribution >= 0.6 is 34.7 Å². The first kappa shape index (κ1) is 18.5. The van der Waals surface area contributed by atoms with E-state index >= 15 is 0 Å². The lowest BCUT2D eigenvalue weighted by molar-refractivity contribution is 0.103. The molecule has 1 amide bonds. The topological polar surface area (TPSA) is 58.1 Å². The molecule has 1 aliphatic heterocycles. The molecule has 27 heavy (non-hydrogen) atoms. The number of anilines is 2. The van der Waals surface area contributed by atoms with Crippen molar-refractivity contribution in [3.8, 4) is 0 Å². The fraction of sp³-hybridized carbons (Fsp3) is 0.316. The van der Waals surface area contributed by atoms with Gasteiger partial charge in [0.2, 0.25) is 0 Å². The van der Waals surface area contributed by atoms with Gasteiger partial charge in [-0.3, -0.25) is 4.79 Å². The lowest BCUT2D eigenvalue weighted by atomic mass is 10.1. The molecule has 0 atom stereocenters. The maximum atomic E-state index is 12.8. The molecule has 1 saturated heterocycles. The lowest BCUT2D eigenvalue weighted by Crippen LogP contribution is -2.30. The van der Waals surface area contributed by atoms with Gasteiger partial charge in [0.1, 0.15) is 10.6 Å². The molecule has 0 saturated carbocycles. The van der Waals surface area contributed by atoms with Crippen LogP contribution in [0.3, 0.4) is 0 Å². The number of carbonyl (C=O) groups excluding carboxylic acids is 1. The maximum Gasteiger partial charge on any atom is 0.265 e. The van der Waals surface area contributed by atoms with Crippen LogP contribution in [-0.2, 0) is 0 Å². The number of fused-ring (bicyclic) bond motifs is 1. The van der Waals surface area contributed by atoms with Gasteiger partial charge in [-0.15, -0.1) is 11.3 Å². The summed E-state index contributed by atoms with van der Waals surface area (Å²) in [6.45, 7) is 1.99. The highest BCUT2D eigenvalue weighted by Gasteiger charge is 2.21. The third kappa shape index (κ3) is 3.90. The molecule has 0 aliphatic carbocycles. The average Bonchev–Trinajstić information content (AvgIpc) is 3.14.